The molecule has 2 atom stereocenters. The summed E-state index contributed by atoms with van der Waals surface area (Å²) >= 11 is 5.70. The summed E-state index contributed by atoms with van der Waals surface area (Å²) in [6, 6.07) is 1.95. The first-order chi connectivity index (χ1) is 9.20. The number of nitrogens with zero attached hydrogens (tertiary/aromatic N) is 3. The predicted octanol–water partition coefficient (Wildman–Crippen LogP) is 1.44. The van der Waals surface area contributed by atoms with E-state index in [1.165, 1.54) is 0 Å². The Morgan fingerprint density at radius 1 is 1.58 bits per heavy atom. The van der Waals surface area contributed by atoms with E-state index in [0.29, 0.717) is 5.88 Å². The molecule has 0 spiro atoms. The van der Waals surface area contributed by atoms with Gasteiger partial charge in [0, 0.05) is 43.3 Å². The summed E-state index contributed by atoms with van der Waals surface area (Å²) in [6.07, 6.45) is 5.49. The molecule has 2 rings (SSSR count). The largest absolute Gasteiger partial charge is 0.351 e. The maximum absolute atomic E-state index is 11.8. The molecule has 0 bridgehead atoms. The number of nitrogens with one attached hydrogen (secondary N) is 1. The molecule has 19 heavy (non-hydrogen) atoms. The number of rotatable bonds is 4. The second-order valence-electron chi connectivity index (χ2n) is 4.90. The van der Waals surface area contributed by atoms with Crippen molar-refractivity contribution in [2.75, 3.05) is 23.9 Å². The fourth-order valence-electron chi connectivity index (χ4n) is 2.14. The molecule has 5 nitrogen and oxygen atoms in total. The Bertz CT molecular complexity index is 414. The summed E-state index contributed by atoms with van der Waals surface area (Å²) in [5, 5.41) is 3.05. The van der Waals surface area contributed by atoms with E-state index in [4.69, 9.17) is 11.6 Å². The van der Waals surface area contributed by atoms with Crippen molar-refractivity contribution < 1.29 is 4.79 Å². The Kier molecular flexibility index (Phi) is 4.96. The van der Waals surface area contributed by atoms with Crippen LogP contribution in [0.3, 0.4) is 0 Å². The van der Waals surface area contributed by atoms with Gasteiger partial charge < -0.3 is 10.2 Å². The first kappa shape index (κ1) is 14.1. The molecule has 0 aliphatic carbocycles. The van der Waals surface area contributed by atoms with Gasteiger partial charge in [0.05, 0.1) is 0 Å². The van der Waals surface area contributed by atoms with E-state index < -0.39 is 0 Å². The highest BCUT2D eigenvalue weighted by molar-refractivity contribution is 6.19. The van der Waals surface area contributed by atoms with Crippen molar-refractivity contribution in [3.05, 3.63) is 18.5 Å². The maximum Gasteiger partial charge on any atom is 0.225 e. The SMILES string of the molecule is CC(CCl)C(=O)NC1CCCN(c2ncccn2)C1. The van der Waals surface area contributed by atoms with Crippen LogP contribution in [0.25, 0.3) is 0 Å². The normalized spacial score (nSPS) is 20.9. The van der Waals surface area contributed by atoms with E-state index in [1.807, 2.05) is 6.92 Å². The van der Waals surface area contributed by atoms with Gasteiger partial charge in [0.15, 0.2) is 0 Å². The van der Waals surface area contributed by atoms with Crippen molar-refractivity contribution >= 4 is 23.5 Å². The van der Waals surface area contributed by atoms with Gasteiger partial charge in [-0.2, -0.15) is 0 Å². The molecular weight excluding hydrogens is 264 g/mol. The number of carbonyl (C=O) groups excluding carboxylic acids is 1. The molecule has 1 aliphatic heterocycles. The van der Waals surface area contributed by atoms with Gasteiger partial charge in [0.25, 0.3) is 0 Å². The fourth-order valence-corrected chi connectivity index (χ4v) is 2.28. The van der Waals surface area contributed by atoms with E-state index in [2.05, 4.69) is 20.2 Å². The molecular formula is C13H19ClN4O. The first-order valence-electron chi connectivity index (χ1n) is 6.59. The predicted molar refractivity (Wildman–Crippen MR) is 75.3 cm³/mol. The van der Waals surface area contributed by atoms with Gasteiger partial charge in [-0.3, -0.25) is 4.79 Å². The number of hydrogen-bond acceptors (Lipinski definition) is 4. The average molecular weight is 283 g/mol. The van der Waals surface area contributed by atoms with Crippen molar-refractivity contribution in [3.63, 3.8) is 0 Å². The molecule has 1 N–H and O–H groups in total. The maximum atomic E-state index is 11.8. The highest BCUT2D eigenvalue weighted by atomic mass is 35.5. The molecule has 1 saturated heterocycles. The molecule has 2 heterocycles. The van der Waals surface area contributed by atoms with E-state index in [1.54, 1.807) is 18.5 Å². The second-order valence-corrected chi connectivity index (χ2v) is 5.21. The van der Waals surface area contributed by atoms with E-state index in [-0.39, 0.29) is 17.9 Å². The number of piperidine rings is 1. The van der Waals surface area contributed by atoms with Gasteiger partial charge in [-0.15, -0.1) is 11.6 Å². The lowest BCUT2D eigenvalue weighted by molar-refractivity contribution is -0.124. The Morgan fingerprint density at radius 2 is 2.32 bits per heavy atom. The van der Waals surface area contributed by atoms with Gasteiger partial charge in [0.2, 0.25) is 11.9 Å². The number of anilines is 1. The zero-order valence-corrected chi connectivity index (χ0v) is 11.8. The van der Waals surface area contributed by atoms with Crippen molar-refractivity contribution in [2.45, 2.75) is 25.8 Å². The first-order valence-corrected chi connectivity index (χ1v) is 7.12. The average Bonchev–Trinajstić information content (AvgIpc) is 2.47. The Labute approximate surface area is 118 Å². The van der Waals surface area contributed by atoms with Crippen molar-refractivity contribution in [3.8, 4) is 0 Å². The number of hydrogen-bond donors (Lipinski definition) is 1. The summed E-state index contributed by atoms with van der Waals surface area (Å²) in [4.78, 5) is 22.4. The second kappa shape index (κ2) is 6.70. The number of carbonyl (C=O) groups is 1. The van der Waals surface area contributed by atoms with Crippen molar-refractivity contribution in [1.82, 2.24) is 15.3 Å². The van der Waals surface area contributed by atoms with Crippen LogP contribution < -0.4 is 10.2 Å². The van der Waals surface area contributed by atoms with Gasteiger partial charge in [-0.25, -0.2) is 9.97 Å². The summed E-state index contributed by atoms with van der Waals surface area (Å²) in [5.41, 5.74) is 0. The van der Waals surface area contributed by atoms with E-state index in [9.17, 15) is 4.79 Å². The standard InChI is InChI=1S/C13H19ClN4O/c1-10(8-14)12(19)17-11-4-2-7-18(9-11)13-15-5-3-6-16-13/h3,5-6,10-11H,2,4,7-9H2,1H3,(H,17,19). The van der Waals surface area contributed by atoms with Gasteiger partial charge >= 0.3 is 0 Å². The van der Waals surface area contributed by atoms with Gasteiger partial charge in [-0.05, 0) is 18.9 Å². The molecule has 0 aromatic carbocycles. The van der Waals surface area contributed by atoms with Crippen LogP contribution in [-0.2, 0) is 4.79 Å². The van der Waals surface area contributed by atoms with Crippen LogP contribution in [0.4, 0.5) is 5.95 Å². The number of amides is 1. The van der Waals surface area contributed by atoms with Crippen LogP contribution in [-0.4, -0.2) is 40.9 Å². The summed E-state index contributed by atoms with van der Waals surface area (Å²) in [6.45, 7) is 3.52. The lowest BCUT2D eigenvalue weighted by atomic mass is 10.0. The third-order valence-corrected chi connectivity index (χ3v) is 3.74. The molecule has 0 saturated carbocycles. The molecule has 104 valence electrons. The summed E-state index contributed by atoms with van der Waals surface area (Å²) < 4.78 is 0. The smallest absolute Gasteiger partial charge is 0.225 e. The molecule has 6 heteroatoms. The van der Waals surface area contributed by atoms with Crippen LogP contribution in [0, 0.1) is 5.92 Å². The Hall–Kier alpha value is -1.36. The summed E-state index contributed by atoms with van der Waals surface area (Å²) in [7, 11) is 0. The molecule has 2 unspecified atom stereocenters. The van der Waals surface area contributed by atoms with Gasteiger partial charge in [0.1, 0.15) is 0 Å². The topological polar surface area (TPSA) is 58.1 Å². The van der Waals surface area contributed by atoms with Crippen LogP contribution in [0.2, 0.25) is 0 Å². The number of halogens is 1. The van der Waals surface area contributed by atoms with Crippen molar-refractivity contribution in [1.29, 1.82) is 0 Å². The minimum atomic E-state index is -0.148. The lowest BCUT2D eigenvalue weighted by Gasteiger charge is -2.33. The zero-order valence-electron chi connectivity index (χ0n) is 11.1. The Morgan fingerprint density at radius 3 is 3.00 bits per heavy atom. The van der Waals surface area contributed by atoms with Crippen molar-refractivity contribution in [2.24, 2.45) is 5.92 Å². The third-order valence-electron chi connectivity index (χ3n) is 3.28. The molecule has 1 amide bonds. The molecule has 1 aliphatic rings. The minimum Gasteiger partial charge on any atom is -0.351 e. The summed E-state index contributed by atoms with van der Waals surface area (Å²) in [5.74, 6) is 0.956. The minimum absolute atomic E-state index is 0.0239. The van der Waals surface area contributed by atoms with Gasteiger partial charge in [-0.1, -0.05) is 6.92 Å². The van der Waals surface area contributed by atoms with Crippen LogP contribution >= 0.6 is 11.6 Å². The van der Waals surface area contributed by atoms with Crippen LogP contribution in [0.1, 0.15) is 19.8 Å². The number of alkyl halides is 1. The molecule has 1 fully saturated rings. The third kappa shape index (κ3) is 3.80. The molecule has 1 aromatic rings. The quantitative estimate of drug-likeness (QED) is 0.849. The molecule has 0 radical (unpaired) electrons. The monoisotopic (exact) mass is 282 g/mol. The van der Waals surface area contributed by atoms with E-state index >= 15 is 0 Å². The molecule has 1 aromatic heterocycles. The zero-order chi connectivity index (χ0) is 13.7. The lowest BCUT2D eigenvalue weighted by Crippen LogP contribution is -2.49. The van der Waals surface area contributed by atoms with Crippen LogP contribution in [0.15, 0.2) is 18.5 Å². The fraction of sp³-hybridized carbons (Fsp3) is 0.615. The number of aromatic nitrogens is 2. The van der Waals surface area contributed by atoms with E-state index in [0.717, 1.165) is 31.9 Å². The highest BCUT2D eigenvalue weighted by Gasteiger charge is 2.24. The highest BCUT2D eigenvalue weighted by Crippen LogP contribution is 2.15. The van der Waals surface area contributed by atoms with Crippen LogP contribution in [0.5, 0.6) is 0 Å². The Balaban J connectivity index is 1.92.